The summed E-state index contributed by atoms with van der Waals surface area (Å²) in [5.41, 5.74) is 6.53. The number of aromatic nitrogens is 1. The molecule has 2 aromatic rings. The van der Waals surface area contributed by atoms with Gasteiger partial charge in [-0.05, 0) is 30.3 Å². The first-order valence-electron chi connectivity index (χ1n) is 4.80. The Balaban J connectivity index is 2.38. The Hall–Kier alpha value is -1.33. The summed E-state index contributed by atoms with van der Waals surface area (Å²) in [6, 6.07) is 4.62. The minimum absolute atomic E-state index is 0.229. The normalized spacial score (nSPS) is 12.7. The fraction of sp³-hybridized carbons (Fsp3) is 0.182. The van der Waals surface area contributed by atoms with E-state index in [9.17, 15) is 4.39 Å². The van der Waals surface area contributed by atoms with Crippen LogP contribution >= 0.6 is 11.8 Å². The molecule has 2 N–H and O–H groups in total. The SMILES string of the molecule is C[C@@H](N)c1cccc(F)c1Sc1ncco1. The number of nitrogens with two attached hydrogens (primary N) is 1. The summed E-state index contributed by atoms with van der Waals surface area (Å²) in [6.45, 7) is 1.81. The van der Waals surface area contributed by atoms with Crippen molar-refractivity contribution in [2.24, 2.45) is 5.73 Å². The molecule has 0 saturated carbocycles. The monoisotopic (exact) mass is 238 g/mol. The molecule has 0 bridgehead atoms. The second-order valence-electron chi connectivity index (χ2n) is 3.35. The van der Waals surface area contributed by atoms with Gasteiger partial charge in [0.1, 0.15) is 12.1 Å². The molecule has 0 radical (unpaired) electrons. The van der Waals surface area contributed by atoms with Crippen molar-refractivity contribution in [3.05, 3.63) is 42.0 Å². The Morgan fingerprint density at radius 2 is 2.31 bits per heavy atom. The van der Waals surface area contributed by atoms with E-state index in [1.807, 2.05) is 6.92 Å². The van der Waals surface area contributed by atoms with E-state index >= 15 is 0 Å². The van der Waals surface area contributed by atoms with Crippen LogP contribution in [0.5, 0.6) is 0 Å². The van der Waals surface area contributed by atoms with Crippen molar-refractivity contribution in [3.8, 4) is 0 Å². The van der Waals surface area contributed by atoms with Gasteiger partial charge in [-0.1, -0.05) is 12.1 Å². The molecule has 0 unspecified atom stereocenters. The van der Waals surface area contributed by atoms with E-state index < -0.39 is 0 Å². The van der Waals surface area contributed by atoms with Gasteiger partial charge in [0.05, 0.1) is 11.1 Å². The fourth-order valence-electron chi connectivity index (χ4n) is 1.34. The van der Waals surface area contributed by atoms with Crippen LogP contribution in [0, 0.1) is 5.82 Å². The maximum Gasteiger partial charge on any atom is 0.260 e. The van der Waals surface area contributed by atoms with E-state index in [2.05, 4.69) is 4.98 Å². The molecule has 1 aromatic carbocycles. The Morgan fingerprint density at radius 3 is 2.94 bits per heavy atom. The molecule has 2 rings (SSSR count). The summed E-state index contributed by atoms with van der Waals surface area (Å²) in [5.74, 6) is -0.307. The third-order valence-electron chi connectivity index (χ3n) is 2.09. The van der Waals surface area contributed by atoms with Crippen molar-refractivity contribution < 1.29 is 8.81 Å². The number of halogens is 1. The van der Waals surface area contributed by atoms with E-state index in [0.717, 1.165) is 17.3 Å². The molecule has 5 heteroatoms. The van der Waals surface area contributed by atoms with Crippen LogP contribution in [0.25, 0.3) is 0 Å². The number of oxazole rings is 1. The van der Waals surface area contributed by atoms with Crippen LogP contribution in [0.15, 0.2) is 45.2 Å². The Bertz CT molecular complexity index is 471. The van der Waals surface area contributed by atoms with Crippen molar-refractivity contribution in [2.75, 3.05) is 0 Å². The minimum atomic E-state index is -0.307. The molecular weight excluding hydrogens is 227 g/mol. The first-order chi connectivity index (χ1) is 7.68. The van der Waals surface area contributed by atoms with Crippen LogP contribution < -0.4 is 5.73 Å². The standard InChI is InChI=1S/C11H11FN2OS/c1-7(13)8-3-2-4-9(12)10(8)16-11-14-5-6-15-11/h2-7H,13H2,1H3/t7-/m1/s1. The molecule has 0 spiro atoms. The molecule has 1 aromatic heterocycles. The van der Waals surface area contributed by atoms with Crippen molar-refractivity contribution in [1.29, 1.82) is 0 Å². The summed E-state index contributed by atoms with van der Waals surface area (Å²) < 4.78 is 18.7. The fourth-order valence-corrected chi connectivity index (χ4v) is 2.27. The van der Waals surface area contributed by atoms with Gasteiger partial charge in [-0.2, -0.15) is 0 Å². The highest BCUT2D eigenvalue weighted by Gasteiger charge is 2.14. The van der Waals surface area contributed by atoms with Crippen LogP contribution in [0.1, 0.15) is 18.5 Å². The van der Waals surface area contributed by atoms with Gasteiger partial charge < -0.3 is 10.2 Å². The molecule has 0 aliphatic carbocycles. The van der Waals surface area contributed by atoms with Gasteiger partial charge in [0.15, 0.2) is 0 Å². The zero-order chi connectivity index (χ0) is 11.5. The average molecular weight is 238 g/mol. The van der Waals surface area contributed by atoms with Crippen LogP contribution in [0.2, 0.25) is 0 Å². The van der Waals surface area contributed by atoms with Crippen molar-refractivity contribution in [2.45, 2.75) is 23.1 Å². The van der Waals surface area contributed by atoms with E-state index in [4.69, 9.17) is 10.2 Å². The summed E-state index contributed by atoms with van der Waals surface area (Å²) in [6.07, 6.45) is 2.98. The molecule has 0 saturated heterocycles. The van der Waals surface area contributed by atoms with Crippen molar-refractivity contribution >= 4 is 11.8 Å². The van der Waals surface area contributed by atoms with Gasteiger partial charge in [0, 0.05) is 6.04 Å². The quantitative estimate of drug-likeness (QED) is 0.893. The highest BCUT2D eigenvalue weighted by atomic mass is 32.2. The molecule has 1 atom stereocenters. The van der Waals surface area contributed by atoms with Crippen molar-refractivity contribution in [3.63, 3.8) is 0 Å². The zero-order valence-electron chi connectivity index (χ0n) is 8.68. The lowest BCUT2D eigenvalue weighted by Gasteiger charge is -2.11. The minimum Gasteiger partial charge on any atom is -0.440 e. The Kier molecular flexibility index (Phi) is 3.26. The molecule has 84 valence electrons. The maximum absolute atomic E-state index is 13.7. The first-order valence-corrected chi connectivity index (χ1v) is 5.61. The molecule has 0 aliphatic heterocycles. The molecule has 1 heterocycles. The summed E-state index contributed by atoms with van der Waals surface area (Å²) in [7, 11) is 0. The highest BCUT2D eigenvalue weighted by molar-refractivity contribution is 7.99. The Labute approximate surface area is 96.9 Å². The van der Waals surface area contributed by atoms with Crippen LogP contribution in [-0.2, 0) is 0 Å². The van der Waals surface area contributed by atoms with Crippen LogP contribution in [0.4, 0.5) is 4.39 Å². The number of hydrogen-bond acceptors (Lipinski definition) is 4. The topological polar surface area (TPSA) is 52.0 Å². The van der Waals surface area contributed by atoms with E-state index in [0.29, 0.717) is 10.1 Å². The summed E-state index contributed by atoms with van der Waals surface area (Å²) in [5, 5.41) is 0.409. The van der Waals surface area contributed by atoms with Gasteiger partial charge in [0.2, 0.25) is 0 Å². The lowest BCUT2D eigenvalue weighted by Crippen LogP contribution is -2.07. The van der Waals surface area contributed by atoms with Crippen LogP contribution in [-0.4, -0.2) is 4.98 Å². The highest BCUT2D eigenvalue weighted by Crippen LogP contribution is 2.33. The third-order valence-corrected chi connectivity index (χ3v) is 3.10. The first kappa shape index (κ1) is 11.2. The van der Waals surface area contributed by atoms with E-state index in [1.165, 1.54) is 18.5 Å². The molecular formula is C11H11FN2OS. The predicted octanol–water partition coefficient (Wildman–Crippen LogP) is 2.98. The molecule has 3 nitrogen and oxygen atoms in total. The van der Waals surface area contributed by atoms with E-state index in [1.54, 1.807) is 12.1 Å². The van der Waals surface area contributed by atoms with Gasteiger partial charge >= 0.3 is 0 Å². The molecule has 0 aliphatic rings. The van der Waals surface area contributed by atoms with Gasteiger partial charge in [0.25, 0.3) is 5.22 Å². The van der Waals surface area contributed by atoms with Crippen LogP contribution in [0.3, 0.4) is 0 Å². The lowest BCUT2D eigenvalue weighted by atomic mass is 10.1. The second kappa shape index (κ2) is 4.67. The number of benzene rings is 1. The lowest BCUT2D eigenvalue weighted by molar-refractivity contribution is 0.453. The number of nitrogens with zero attached hydrogens (tertiary/aromatic N) is 1. The van der Waals surface area contributed by atoms with Gasteiger partial charge in [-0.25, -0.2) is 9.37 Å². The number of rotatable bonds is 3. The largest absolute Gasteiger partial charge is 0.440 e. The zero-order valence-corrected chi connectivity index (χ0v) is 9.50. The van der Waals surface area contributed by atoms with Gasteiger partial charge in [-0.3, -0.25) is 0 Å². The predicted molar refractivity (Wildman–Crippen MR) is 59.6 cm³/mol. The second-order valence-corrected chi connectivity index (χ2v) is 4.31. The molecule has 16 heavy (non-hydrogen) atoms. The molecule has 0 amide bonds. The van der Waals surface area contributed by atoms with Crippen molar-refractivity contribution in [1.82, 2.24) is 4.98 Å². The van der Waals surface area contributed by atoms with E-state index in [-0.39, 0.29) is 11.9 Å². The summed E-state index contributed by atoms with van der Waals surface area (Å²) >= 11 is 1.14. The number of hydrogen-bond donors (Lipinski definition) is 1. The van der Waals surface area contributed by atoms with Gasteiger partial charge in [-0.15, -0.1) is 0 Å². The molecule has 0 fully saturated rings. The Morgan fingerprint density at radius 1 is 1.50 bits per heavy atom. The third kappa shape index (κ3) is 2.25. The smallest absolute Gasteiger partial charge is 0.260 e. The summed E-state index contributed by atoms with van der Waals surface area (Å²) in [4.78, 5) is 4.41. The maximum atomic E-state index is 13.7. The average Bonchev–Trinajstić information content (AvgIpc) is 2.73.